The maximum absolute atomic E-state index is 12.9. The Balaban J connectivity index is 4.12. The Morgan fingerprint density at radius 1 is 0.361 bits per heavy atom. The van der Waals surface area contributed by atoms with Crippen molar-refractivity contribution in [3.05, 3.63) is 0 Å². The number of rotatable bonds is 60. The van der Waals surface area contributed by atoms with Gasteiger partial charge in [-0.3, -0.25) is 9.59 Å². The standard InChI is InChI=1S/C63H123NO8/c1-6-8-10-12-14-16-18-20-22-24-26-28-29-30-31-32-34-36-38-40-42-44-46-48-50-52-54-61(66)72-59(58-71-63(62(67)68)69-56-55-64(3,4)5)57-70-60(65)53-51-49-47-45-43-41-39-37-35-33-27-25-23-21-19-17-15-13-11-9-7-2/h59,63H,6-58H2,1-5H3/p+1. The number of carboxylic acids is 1. The highest BCUT2D eigenvalue weighted by atomic mass is 16.7. The lowest BCUT2D eigenvalue weighted by Crippen LogP contribution is -2.40. The second-order valence-electron chi connectivity index (χ2n) is 23.1. The fourth-order valence-electron chi connectivity index (χ4n) is 9.72. The van der Waals surface area contributed by atoms with E-state index in [1.165, 1.54) is 263 Å². The molecule has 0 saturated heterocycles. The third-order valence-corrected chi connectivity index (χ3v) is 14.6. The van der Waals surface area contributed by atoms with E-state index in [4.69, 9.17) is 18.9 Å². The lowest BCUT2D eigenvalue weighted by molar-refractivity contribution is -0.870. The first kappa shape index (κ1) is 70.3. The topological polar surface area (TPSA) is 108 Å². The van der Waals surface area contributed by atoms with Crippen molar-refractivity contribution in [1.82, 2.24) is 0 Å². The molecule has 0 aromatic rings. The molecule has 0 aliphatic heterocycles. The third-order valence-electron chi connectivity index (χ3n) is 14.6. The van der Waals surface area contributed by atoms with Crippen LogP contribution in [0.4, 0.5) is 0 Å². The van der Waals surface area contributed by atoms with Crippen LogP contribution < -0.4 is 0 Å². The van der Waals surface area contributed by atoms with Crippen LogP contribution in [0.15, 0.2) is 0 Å². The van der Waals surface area contributed by atoms with Gasteiger partial charge in [0.1, 0.15) is 13.2 Å². The summed E-state index contributed by atoms with van der Waals surface area (Å²) in [6.07, 6.45) is 60.5. The van der Waals surface area contributed by atoms with Gasteiger partial charge < -0.3 is 28.5 Å². The number of quaternary nitrogens is 1. The van der Waals surface area contributed by atoms with Crippen LogP contribution in [0.3, 0.4) is 0 Å². The lowest BCUT2D eigenvalue weighted by atomic mass is 10.0. The Labute approximate surface area is 447 Å². The molecule has 72 heavy (non-hydrogen) atoms. The van der Waals surface area contributed by atoms with Gasteiger partial charge in [-0.15, -0.1) is 0 Å². The summed E-state index contributed by atoms with van der Waals surface area (Å²) in [6, 6.07) is 0. The number of nitrogens with zero attached hydrogens (tertiary/aromatic N) is 1. The van der Waals surface area contributed by atoms with E-state index in [1.807, 2.05) is 21.1 Å². The lowest BCUT2D eigenvalue weighted by Gasteiger charge is -2.25. The predicted molar refractivity (Wildman–Crippen MR) is 305 cm³/mol. The molecule has 0 fully saturated rings. The van der Waals surface area contributed by atoms with E-state index >= 15 is 0 Å². The van der Waals surface area contributed by atoms with Gasteiger partial charge in [0.25, 0.3) is 6.29 Å². The van der Waals surface area contributed by atoms with Gasteiger partial charge in [0.15, 0.2) is 6.10 Å². The Morgan fingerprint density at radius 3 is 0.889 bits per heavy atom. The highest BCUT2D eigenvalue weighted by molar-refractivity contribution is 5.71. The molecule has 0 aliphatic carbocycles. The maximum atomic E-state index is 12.9. The van der Waals surface area contributed by atoms with Crippen LogP contribution in [0.1, 0.15) is 328 Å². The van der Waals surface area contributed by atoms with E-state index in [0.717, 1.165) is 38.5 Å². The molecular formula is C63H124NO8+. The van der Waals surface area contributed by atoms with Crippen molar-refractivity contribution >= 4 is 17.9 Å². The van der Waals surface area contributed by atoms with Gasteiger partial charge in [-0.25, -0.2) is 4.79 Å². The number of hydrogen-bond donors (Lipinski definition) is 1. The Hall–Kier alpha value is -1.71. The number of ether oxygens (including phenoxy) is 4. The van der Waals surface area contributed by atoms with Crippen LogP contribution in [0, 0.1) is 0 Å². The molecule has 2 atom stereocenters. The summed E-state index contributed by atoms with van der Waals surface area (Å²) >= 11 is 0. The molecule has 0 aromatic heterocycles. The number of carbonyl (C=O) groups is 3. The normalized spacial score (nSPS) is 12.6. The molecule has 428 valence electrons. The van der Waals surface area contributed by atoms with Crippen LogP contribution in [0.2, 0.25) is 0 Å². The molecule has 0 heterocycles. The minimum Gasteiger partial charge on any atom is -0.477 e. The summed E-state index contributed by atoms with van der Waals surface area (Å²) in [4.78, 5) is 37.5. The van der Waals surface area contributed by atoms with Gasteiger partial charge in [0.2, 0.25) is 0 Å². The number of esters is 2. The molecule has 0 spiro atoms. The van der Waals surface area contributed by atoms with Gasteiger partial charge >= 0.3 is 17.9 Å². The van der Waals surface area contributed by atoms with Crippen molar-refractivity contribution in [3.8, 4) is 0 Å². The largest absolute Gasteiger partial charge is 0.477 e. The summed E-state index contributed by atoms with van der Waals surface area (Å²) in [5.41, 5.74) is 0. The van der Waals surface area contributed by atoms with Crippen LogP contribution >= 0.6 is 0 Å². The van der Waals surface area contributed by atoms with Gasteiger partial charge in [-0.1, -0.05) is 303 Å². The first-order valence-electron chi connectivity index (χ1n) is 31.7. The quantitative estimate of drug-likeness (QED) is 0.0278. The smallest absolute Gasteiger partial charge is 0.361 e. The van der Waals surface area contributed by atoms with Gasteiger partial charge in [-0.2, -0.15) is 0 Å². The minimum absolute atomic E-state index is 0.172. The zero-order valence-electron chi connectivity index (χ0n) is 48.9. The SMILES string of the molecule is CCCCCCCCCCCCCCCCCCCCCCCCCCCCC(=O)OC(COC(=O)CCCCCCCCCCCCCCCCCCCCCCC)COC(OCC[N+](C)(C)C)C(=O)O. The Bertz CT molecular complexity index is 1140. The predicted octanol–water partition coefficient (Wildman–Crippen LogP) is 18.7. The number of carbonyl (C=O) groups excluding carboxylic acids is 2. The van der Waals surface area contributed by atoms with E-state index in [1.54, 1.807) is 0 Å². The van der Waals surface area contributed by atoms with Crippen LogP contribution in [-0.2, 0) is 33.3 Å². The molecule has 1 N–H and O–H groups in total. The van der Waals surface area contributed by atoms with Crippen molar-refractivity contribution in [2.24, 2.45) is 0 Å². The van der Waals surface area contributed by atoms with Crippen molar-refractivity contribution < 1.29 is 42.9 Å². The molecule has 0 radical (unpaired) electrons. The molecule has 0 saturated carbocycles. The fraction of sp³-hybridized carbons (Fsp3) is 0.952. The summed E-state index contributed by atoms with van der Waals surface area (Å²) in [6.45, 7) is 4.96. The monoisotopic (exact) mass is 1020 g/mol. The number of aliphatic carboxylic acids is 1. The van der Waals surface area contributed by atoms with Crippen LogP contribution in [0.25, 0.3) is 0 Å². The summed E-state index contributed by atoms with van der Waals surface area (Å²) in [5.74, 6) is -1.97. The molecule has 0 bridgehead atoms. The second kappa shape index (κ2) is 55.5. The molecule has 9 nitrogen and oxygen atoms in total. The van der Waals surface area contributed by atoms with Gasteiger partial charge in [0.05, 0.1) is 34.4 Å². The first-order valence-corrected chi connectivity index (χ1v) is 31.7. The van der Waals surface area contributed by atoms with E-state index in [-0.39, 0.29) is 38.2 Å². The van der Waals surface area contributed by atoms with Crippen molar-refractivity contribution in [2.45, 2.75) is 341 Å². The summed E-state index contributed by atoms with van der Waals surface area (Å²) in [5, 5.41) is 9.72. The van der Waals surface area contributed by atoms with Crippen LogP contribution in [-0.4, -0.2) is 87.4 Å². The van der Waals surface area contributed by atoms with E-state index in [2.05, 4.69) is 13.8 Å². The Morgan fingerprint density at radius 2 is 0.625 bits per heavy atom. The average molecular weight is 1020 g/mol. The summed E-state index contributed by atoms with van der Waals surface area (Å²) < 4.78 is 23.0. The maximum Gasteiger partial charge on any atom is 0.361 e. The highest BCUT2D eigenvalue weighted by Gasteiger charge is 2.25. The highest BCUT2D eigenvalue weighted by Crippen LogP contribution is 2.19. The molecule has 0 rings (SSSR count). The molecule has 9 heteroatoms. The van der Waals surface area contributed by atoms with Crippen molar-refractivity contribution in [2.75, 3.05) is 47.5 Å². The zero-order valence-corrected chi connectivity index (χ0v) is 48.9. The van der Waals surface area contributed by atoms with Crippen molar-refractivity contribution in [1.29, 1.82) is 0 Å². The minimum atomic E-state index is -1.50. The van der Waals surface area contributed by atoms with Crippen LogP contribution in [0.5, 0.6) is 0 Å². The second-order valence-corrected chi connectivity index (χ2v) is 23.1. The number of likely N-dealkylation sites (N-methyl/N-ethyl adjacent to an activating group) is 1. The molecule has 0 amide bonds. The first-order chi connectivity index (χ1) is 35.1. The third kappa shape index (κ3) is 56.0. The Kier molecular flexibility index (Phi) is 54.2. The van der Waals surface area contributed by atoms with Gasteiger partial charge in [0, 0.05) is 12.8 Å². The molecular weight excluding hydrogens is 899 g/mol. The zero-order chi connectivity index (χ0) is 52.7. The molecule has 2 unspecified atom stereocenters. The molecule has 0 aliphatic rings. The summed E-state index contributed by atoms with van der Waals surface area (Å²) in [7, 11) is 5.99. The number of hydrogen-bond acceptors (Lipinski definition) is 7. The fourth-order valence-corrected chi connectivity index (χ4v) is 9.72. The van der Waals surface area contributed by atoms with E-state index in [9.17, 15) is 19.5 Å². The van der Waals surface area contributed by atoms with E-state index in [0.29, 0.717) is 17.4 Å². The average Bonchev–Trinajstić information content (AvgIpc) is 3.35. The van der Waals surface area contributed by atoms with E-state index < -0.39 is 18.4 Å². The molecule has 0 aromatic carbocycles. The van der Waals surface area contributed by atoms with Gasteiger partial charge in [-0.05, 0) is 12.8 Å². The number of carboxylic acid groups (broad SMARTS) is 1. The van der Waals surface area contributed by atoms with Crippen molar-refractivity contribution in [3.63, 3.8) is 0 Å². The number of unbranched alkanes of at least 4 members (excludes halogenated alkanes) is 45.